The Labute approximate surface area is 153 Å². The second-order valence-corrected chi connectivity index (χ2v) is 6.15. The van der Waals surface area contributed by atoms with Crippen LogP contribution in [0.25, 0.3) is 11.3 Å². The number of hydrogen-bond donors (Lipinski definition) is 1. The van der Waals surface area contributed by atoms with Crippen molar-refractivity contribution in [3.63, 3.8) is 0 Å². The van der Waals surface area contributed by atoms with Crippen LogP contribution in [0.15, 0.2) is 71.1 Å². The molecule has 0 spiro atoms. The van der Waals surface area contributed by atoms with Crippen LogP contribution in [-0.4, -0.2) is 22.3 Å². The van der Waals surface area contributed by atoms with E-state index in [1.807, 2.05) is 41.8 Å². The fourth-order valence-corrected chi connectivity index (χ4v) is 3.23. The first-order valence-electron chi connectivity index (χ1n) is 7.45. The highest BCUT2D eigenvalue weighted by atomic mass is 35.5. The molecule has 0 aliphatic carbocycles. The molecule has 0 aliphatic heterocycles. The van der Waals surface area contributed by atoms with Gasteiger partial charge in [-0.05, 0) is 17.7 Å². The van der Waals surface area contributed by atoms with Crippen LogP contribution in [0.4, 0.5) is 0 Å². The predicted molar refractivity (Wildman–Crippen MR) is 98.6 cm³/mol. The lowest BCUT2D eigenvalue weighted by Gasteiger charge is -2.06. The van der Waals surface area contributed by atoms with E-state index in [-0.39, 0.29) is 17.7 Å². The number of amides is 1. The van der Waals surface area contributed by atoms with E-state index in [2.05, 4.69) is 10.5 Å². The molecule has 1 aromatic heterocycles. The highest BCUT2D eigenvalue weighted by molar-refractivity contribution is 7.07. The van der Waals surface area contributed by atoms with Gasteiger partial charge in [0.2, 0.25) is 10.7 Å². The van der Waals surface area contributed by atoms with Crippen molar-refractivity contribution in [3.8, 4) is 11.3 Å². The molecule has 1 heterocycles. The van der Waals surface area contributed by atoms with E-state index in [0.29, 0.717) is 16.1 Å². The van der Waals surface area contributed by atoms with E-state index >= 15 is 0 Å². The number of hydrogen-bond acceptors (Lipinski definition) is 4. The number of thiazole rings is 1. The zero-order chi connectivity index (χ0) is 17.6. The summed E-state index contributed by atoms with van der Waals surface area (Å²) >= 11 is 6.99. The van der Waals surface area contributed by atoms with Gasteiger partial charge in [-0.25, -0.2) is 5.43 Å². The summed E-state index contributed by atoms with van der Waals surface area (Å²) in [4.78, 5) is 24.7. The van der Waals surface area contributed by atoms with Crippen LogP contribution in [-0.2, 0) is 0 Å². The molecule has 3 rings (SSSR count). The average molecular weight is 372 g/mol. The maximum atomic E-state index is 12.3. The van der Waals surface area contributed by atoms with Crippen LogP contribution >= 0.6 is 22.9 Å². The second-order valence-electron chi connectivity index (χ2n) is 5.05. The maximum Gasteiger partial charge on any atom is 0.271 e. The standard InChI is InChI=1S/C18H14ClN3O2S/c19-11-16(23)22-15(13-7-3-1-4-8-13)12-25-18(22)21-20-17(24)14-9-5-2-6-10-14/h1-10,12H,11H2,(H,20,24)/b21-18+. The minimum absolute atomic E-state index is 0.184. The summed E-state index contributed by atoms with van der Waals surface area (Å²) in [5.41, 5.74) is 4.52. The molecule has 0 radical (unpaired) electrons. The number of aromatic nitrogens is 1. The highest BCUT2D eigenvalue weighted by Gasteiger charge is 2.14. The molecule has 0 aliphatic rings. The lowest BCUT2D eigenvalue weighted by atomic mass is 10.2. The van der Waals surface area contributed by atoms with Crippen molar-refractivity contribution in [2.24, 2.45) is 5.10 Å². The Bertz CT molecular complexity index is 949. The molecule has 126 valence electrons. The van der Waals surface area contributed by atoms with Crippen molar-refractivity contribution in [3.05, 3.63) is 76.4 Å². The zero-order valence-corrected chi connectivity index (χ0v) is 14.6. The van der Waals surface area contributed by atoms with Gasteiger partial charge in [0.25, 0.3) is 5.91 Å². The fraction of sp³-hybridized carbons (Fsp3) is 0.0556. The van der Waals surface area contributed by atoms with Crippen molar-refractivity contribution in [2.75, 3.05) is 5.88 Å². The monoisotopic (exact) mass is 371 g/mol. The zero-order valence-electron chi connectivity index (χ0n) is 13.1. The van der Waals surface area contributed by atoms with Gasteiger partial charge >= 0.3 is 0 Å². The van der Waals surface area contributed by atoms with Gasteiger partial charge in [0.05, 0.1) is 5.69 Å². The Hall–Kier alpha value is -2.70. The molecule has 1 N–H and O–H groups in total. The van der Waals surface area contributed by atoms with Gasteiger partial charge in [0.15, 0.2) is 0 Å². The Morgan fingerprint density at radius 1 is 1.04 bits per heavy atom. The van der Waals surface area contributed by atoms with Crippen molar-refractivity contribution in [1.29, 1.82) is 0 Å². The van der Waals surface area contributed by atoms with Crippen molar-refractivity contribution in [2.45, 2.75) is 0 Å². The van der Waals surface area contributed by atoms with E-state index in [0.717, 1.165) is 5.56 Å². The molecular weight excluding hydrogens is 358 g/mol. The van der Waals surface area contributed by atoms with Gasteiger partial charge in [-0.15, -0.1) is 28.0 Å². The Morgan fingerprint density at radius 2 is 1.68 bits per heavy atom. The summed E-state index contributed by atoms with van der Waals surface area (Å²) in [5.74, 6) is -0.842. The molecule has 0 atom stereocenters. The van der Waals surface area contributed by atoms with Crippen LogP contribution in [0.1, 0.15) is 15.2 Å². The summed E-state index contributed by atoms with van der Waals surface area (Å²) in [5, 5.41) is 5.91. The number of benzene rings is 2. The first-order chi connectivity index (χ1) is 12.2. The van der Waals surface area contributed by atoms with E-state index in [9.17, 15) is 9.59 Å². The Balaban J connectivity index is 1.98. The normalized spacial score (nSPS) is 11.3. The number of carbonyl (C=O) groups excluding carboxylic acids is 2. The Morgan fingerprint density at radius 3 is 2.32 bits per heavy atom. The fourth-order valence-electron chi connectivity index (χ4n) is 2.25. The number of carbonyl (C=O) groups is 2. The van der Waals surface area contributed by atoms with E-state index < -0.39 is 0 Å². The van der Waals surface area contributed by atoms with Gasteiger partial charge < -0.3 is 0 Å². The molecule has 0 saturated heterocycles. The quantitative estimate of drug-likeness (QED) is 0.564. The largest absolute Gasteiger partial charge is 0.273 e. The predicted octanol–water partition coefficient (Wildman–Crippen LogP) is 3.34. The third kappa shape index (κ3) is 3.87. The van der Waals surface area contributed by atoms with E-state index in [4.69, 9.17) is 11.6 Å². The molecule has 0 bridgehead atoms. The van der Waals surface area contributed by atoms with Gasteiger partial charge in [0.1, 0.15) is 5.88 Å². The van der Waals surface area contributed by atoms with Crippen LogP contribution in [0, 0.1) is 0 Å². The Kier molecular flexibility index (Phi) is 5.42. The van der Waals surface area contributed by atoms with E-state index in [1.165, 1.54) is 15.9 Å². The lowest BCUT2D eigenvalue weighted by molar-refractivity contribution is 0.0926. The molecule has 1 amide bonds. The molecule has 0 saturated carbocycles. The smallest absolute Gasteiger partial charge is 0.271 e. The number of halogens is 1. The summed E-state index contributed by atoms with van der Waals surface area (Å²) in [7, 11) is 0. The molecule has 0 fully saturated rings. The number of nitrogens with one attached hydrogen (secondary N) is 1. The van der Waals surface area contributed by atoms with Gasteiger partial charge in [-0.2, -0.15) is 0 Å². The lowest BCUT2D eigenvalue weighted by Crippen LogP contribution is -2.29. The second kappa shape index (κ2) is 7.92. The van der Waals surface area contributed by atoms with Crippen LogP contribution < -0.4 is 10.2 Å². The van der Waals surface area contributed by atoms with Gasteiger partial charge in [0, 0.05) is 10.9 Å². The number of alkyl halides is 1. The SMILES string of the molecule is O=C(N/N=c1/scc(-c2ccccc2)n1C(=O)CCl)c1ccccc1. The van der Waals surface area contributed by atoms with Crippen molar-refractivity contribution >= 4 is 34.8 Å². The molecule has 25 heavy (non-hydrogen) atoms. The summed E-state index contributed by atoms with van der Waals surface area (Å²) in [6, 6.07) is 18.2. The van der Waals surface area contributed by atoms with Crippen molar-refractivity contribution < 1.29 is 9.59 Å². The van der Waals surface area contributed by atoms with Crippen molar-refractivity contribution in [1.82, 2.24) is 9.99 Å². The number of rotatable bonds is 4. The molecule has 7 heteroatoms. The molecular formula is C18H14ClN3O2S. The summed E-state index contributed by atoms with van der Waals surface area (Å²) in [6.45, 7) is 0. The first-order valence-corrected chi connectivity index (χ1v) is 8.86. The first kappa shape index (κ1) is 17.1. The molecule has 2 aromatic carbocycles. The molecule has 5 nitrogen and oxygen atoms in total. The molecule has 0 unspecified atom stereocenters. The third-order valence-corrected chi connectivity index (χ3v) is 4.48. The third-order valence-electron chi connectivity index (χ3n) is 3.43. The highest BCUT2D eigenvalue weighted by Crippen LogP contribution is 2.19. The van der Waals surface area contributed by atoms with Crippen LogP contribution in [0.5, 0.6) is 0 Å². The molecule has 3 aromatic rings. The van der Waals surface area contributed by atoms with Gasteiger partial charge in [-0.1, -0.05) is 48.5 Å². The van der Waals surface area contributed by atoms with Crippen LogP contribution in [0.2, 0.25) is 0 Å². The minimum atomic E-state index is -0.347. The van der Waals surface area contributed by atoms with Gasteiger partial charge in [-0.3, -0.25) is 14.2 Å². The maximum absolute atomic E-state index is 12.3. The summed E-state index contributed by atoms with van der Waals surface area (Å²) < 4.78 is 1.41. The summed E-state index contributed by atoms with van der Waals surface area (Å²) in [6.07, 6.45) is 0. The van der Waals surface area contributed by atoms with E-state index in [1.54, 1.807) is 24.3 Å². The topological polar surface area (TPSA) is 63.5 Å². The average Bonchev–Trinajstić information content (AvgIpc) is 3.10. The van der Waals surface area contributed by atoms with Crippen LogP contribution in [0.3, 0.4) is 0 Å². The number of nitrogens with zero attached hydrogens (tertiary/aromatic N) is 2. The minimum Gasteiger partial charge on any atom is -0.273 e.